The van der Waals surface area contributed by atoms with Crippen molar-refractivity contribution in [1.82, 2.24) is 0 Å². The van der Waals surface area contributed by atoms with Crippen LogP contribution in [0.3, 0.4) is 0 Å². The second-order valence-electron chi connectivity index (χ2n) is 5.28. The molecule has 0 bridgehead atoms. The van der Waals surface area contributed by atoms with E-state index in [9.17, 15) is 9.90 Å². The normalized spacial score (nSPS) is 23.6. The third-order valence-corrected chi connectivity index (χ3v) is 3.29. The highest BCUT2D eigenvalue weighted by atomic mass is 16.3. The average molecular weight is 230 g/mol. The number of aliphatic hydroxyl groups is 1. The summed E-state index contributed by atoms with van der Waals surface area (Å²) in [5.74, 6) is 0.174. The third-order valence-electron chi connectivity index (χ3n) is 3.29. The van der Waals surface area contributed by atoms with Crippen molar-refractivity contribution in [2.75, 3.05) is 0 Å². The number of carbonyl (C=O) groups is 1. The molecule has 0 aromatic heterocycles. The Bertz CT molecular complexity index is 508. The summed E-state index contributed by atoms with van der Waals surface area (Å²) >= 11 is 0. The summed E-state index contributed by atoms with van der Waals surface area (Å²) in [6.07, 6.45) is 1.69. The molecule has 0 spiro atoms. The van der Waals surface area contributed by atoms with Crippen molar-refractivity contribution in [3.63, 3.8) is 0 Å². The fraction of sp³-hybridized carbons (Fsp3) is 0.400. The molecule has 1 aliphatic rings. The first kappa shape index (κ1) is 12.1. The number of carbonyl (C=O) groups excluding carboxylic acids is 1. The summed E-state index contributed by atoms with van der Waals surface area (Å²) in [6, 6.07) is 5.63. The zero-order valence-electron chi connectivity index (χ0n) is 10.7. The van der Waals surface area contributed by atoms with Gasteiger partial charge in [0.1, 0.15) is 5.60 Å². The SMILES string of the molecule is Cc1ccc2c(c1)C(=O)C(C(C)C)=C[C@@]2(C)O. The van der Waals surface area contributed by atoms with Crippen LogP contribution in [-0.2, 0) is 5.60 Å². The first-order valence-electron chi connectivity index (χ1n) is 5.94. The first-order chi connectivity index (χ1) is 7.83. The molecule has 1 N–H and O–H groups in total. The van der Waals surface area contributed by atoms with Gasteiger partial charge in [0.05, 0.1) is 0 Å². The molecule has 17 heavy (non-hydrogen) atoms. The molecule has 1 atom stereocenters. The summed E-state index contributed by atoms with van der Waals surface area (Å²) in [6.45, 7) is 7.63. The smallest absolute Gasteiger partial charge is 0.189 e. The molecule has 0 unspecified atom stereocenters. The maximum Gasteiger partial charge on any atom is 0.189 e. The molecule has 0 radical (unpaired) electrons. The van der Waals surface area contributed by atoms with Gasteiger partial charge in [0.25, 0.3) is 0 Å². The number of fused-ring (bicyclic) bond motifs is 1. The Labute approximate surface area is 102 Å². The lowest BCUT2D eigenvalue weighted by atomic mass is 9.77. The Morgan fingerprint density at radius 2 is 1.94 bits per heavy atom. The van der Waals surface area contributed by atoms with Gasteiger partial charge in [-0.05, 0) is 37.5 Å². The van der Waals surface area contributed by atoms with Crippen LogP contribution in [0.1, 0.15) is 42.3 Å². The minimum Gasteiger partial charge on any atom is -0.381 e. The van der Waals surface area contributed by atoms with E-state index in [1.165, 1.54) is 0 Å². The van der Waals surface area contributed by atoms with Crippen molar-refractivity contribution in [3.8, 4) is 0 Å². The minimum atomic E-state index is -1.05. The second-order valence-corrected chi connectivity index (χ2v) is 5.28. The van der Waals surface area contributed by atoms with E-state index in [2.05, 4.69) is 0 Å². The van der Waals surface area contributed by atoms with Gasteiger partial charge in [-0.25, -0.2) is 0 Å². The van der Waals surface area contributed by atoms with Crippen LogP contribution in [0.15, 0.2) is 29.8 Å². The summed E-state index contributed by atoms with van der Waals surface area (Å²) in [4.78, 5) is 12.3. The van der Waals surface area contributed by atoms with Gasteiger partial charge >= 0.3 is 0 Å². The Morgan fingerprint density at radius 3 is 2.53 bits per heavy atom. The molecule has 1 aromatic rings. The van der Waals surface area contributed by atoms with Crippen LogP contribution in [0.4, 0.5) is 0 Å². The van der Waals surface area contributed by atoms with Crippen molar-refractivity contribution in [2.24, 2.45) is 5.92 Å². The predicted molar refractivity (Wildman–Crippen MR) is 68.0 cm³/mol. The van der Waals surface area contributed by atoms with E-state index in [-0.39, 0.29) is 11.7 Å². The molecule has 0 saturated heterocycles. The molecule has 2 nitrogen and oxygen atoms in total. The van der Waals surface area contributed by atoms with Crippen LogP contribution in [0.2, 0.25) is 0 Å². The summed E-state index contributed by atoms with van der Waals surface area (Å²) in [5.41, 5.74) is 2.04. The lowest BCUT2D eigenvalue weighted by molar-refractivity contribution is 0.0897. The third kappa shape index (κ3) is 1.93. The minimum absolute atomic E-state index is 0.0465. The molecular weight excluding hydrogens is 212 g/mol. The number of Topliss-reactive ketones (excluding diaryl/α,β-unsaturated/α-hetero) is 1. The highest BCUT2D eigenvalue weighted by molar-refractivity contribution is 6.11. The summed E-state index contributed by atoms with van der Waals surface area (Å²) in [7, 11) is 0. The topological polar surface area (TPSA) is 37.3 Å². The van der Waals surface area contributed by atoms with Gasteiger partial charge in [0, 0.05) is 11.1 Å². The number of rotatable bonds is 1. The second kappa shape index (κ2) is 3.81. The highest BCUT2D eigenvalue weighted by Gasteiger charge is 2.34. The van der Waals surface area contributed by atoms with Crippen LogP contribution in [-0.4, -0.2) is 10.9 Å². The number of ketones is 1. The van der Waals surface area contributed by atoms with Gasteiger partial charge in [0.15, 0.2) is 5.78 Å². The Balaban J connectivity index is 2.66. The largest absolute Gasteiger partial charge is 0.381 e. The Morgan fingerprint density at radius 1 is 1.29 bits per heavy atom. The Kier molecular flexibility index (Phi) is 2.70. The van der Waals surface area contributed by atoms with E-state index >= 15 is 0 Å². The molecule has 2 heteroatoms. The molecule has 0 fully saturated rings. The van der Waals surface area contributed by atoms with Gasteiger partial charge < -0.3 is 5.11 Å². The van der Waals surface area contributed by atoms with Crippen molar-refractivity contribution >= 4 is 5.78 Å². The maximum atomic E-state index is 12.3. The van der Waals surface area contributed by atoms with Crippen LogP contribution in [0.25, 0.3) is 0 Å². The van der Waals surface area contributed by atoms with E-state index < -0.39 is 5.60 Å². The maximum absolute atomic E-state index is 12.3. The monoisotopic (exact) mass is 230 g/mol. The summed E-state index contributed by atoms with van der Waals surface area (Å²) in [5, 5.41) is 10.4. The Hall–Kier alpha value is -1.41. The van der Waals surface area contributed by atoms with Crippen LogP contribution in [0, 0.1) is 12.8 Å². The van der Waals surface area contributed by atoms with Gasteiger partial charge in [-0.3, -0.25) is 4.79 Å². The molecule has 0 heterocycles. The first-order valence-corrected chi connectivity index (χ1v) is 5.94. The zero-order valence-corrected chi connectivity index (χ0v) is 10.7. The fourth-order valence-electron chi connectivity index (χ4n) is 2.32. The van der Waals surface area contributed by atoms with Crippen LogP contribution in [0.5, 0.6) is 0 Å². The van der Waals surface area contributed by atoms with Gasteiger partial charge in [0.2, 0.25) is 0 Å². The molecule has 90 valence electrons. The van der Waals surface area contributed by atoms with Crippen molar-refractivity contribution < 1.29 is 9.90 Å². The number of benzene rings is 1. The van der Waals surface area contributed by atoms with Gasteiger partial charge in [-0.1, -0.05) is 31.5 Å². The molecule has 0 aliphatic heterocycles. The van der Waals surface area contributed by atoms with E-state index in [4.69, 9.17) is 0 Å². The predicted octanol–water partition coefficient (Wildman–Crippen LogP) is 2.98. The average Bonchev–Trinajstić information content (AvgIpc) is 2.23. The van der Waals surface area contributed by atoms with E-state index in [0.717, 1.165) is 5.56 Å². The number of hydrogen-bond donors (Lipinski definition) is 1. The number of hydrogen-bond acceptors (Lipinski definition) is 2. The molecule has 1 aliphatic carbocycles. The lowest BCUT2D eigenvalue weighted by Gasteiger charge is -2.30. The standard InChI is InChI=1S/C15H18O2/c1-9(2)12-8-15(4,17)13-6-5-10(3)7-11(13)14(12)16/h5-9,17H,1-4H3/t15-/m1/s1. The molecule has 0 saturated carbocycles. The van der Waals surface area contributed by atoms with Crippen LogP contribution >= 0.6 is 0 Å². The summed E-state index contributed by atoms with van der Waals surface area (Å²) < 4.78 is 0. The van der Waals surface area contributed by atoms with Crippen molar-refractivity contribution in [3.05, 3.63) is 46.5 Å². The highest BCUT2D eigenvalue weighted by Crippen LogP contribution is 2.35. The molecule has 0 amide bonds. The van der Waals surface area contributed by atoms with Gasteiger partial charge in [-0.15, -0.1) is 0 Å². The van der Waals surface area contributed by atoms with E-state index in [1.54, 1.807) is 13.0 Å². The fourth-order valence-corrected chi connectivity index (χ4v) is 2.32. The molecule has 1 aromatic carbocycles. The van der Waals surface area contributed by atoms with Gasteiger partial charge in [-0.2, -0.15) is 0 Å². The number of allylic oxidation sites excluding steroid dienone is 1. The van der Waals surface area contributed by atoms with Crippen molar-refractivity contribution in [1.29, 1.82) is 0 Å². The van der Waals surface area contributed by atoms with E-state index in [0.29, 0.717) is 16.7 Å². The van der Waals surface area contributed by atoms with Crippen LogP contribution < -0.4 is 0 Å². The zero-order chi connectivity index (χ0) is 12.8. The van der Waals surface area contributed by atoms with E-state index in [1.807, 2.05) is 39.0 Å². The lowest BCUT2D eigenvalue weighted by Crippen LogP contribution is -2.29. The quantitative estimate of drug-likeness (QED) is 0.805. The molecular formula is C15H18O2. The number of aryl methyl sites for hydroxylation is 1. The van der Waals surface area contributed by atoms with Crippen molar-refractivity contribution in [2.45, 2.75) is 33.3 Å². The molecule has 2 rings (SSSR count).